The van der Waals surface area contributed by atoms with Crippen LogP contribution in [0.2, 0.25) is 0 Å². The van der Waals surface area contributed by atoms with E-state index in [9.17, 15) is 19.3 Å². The van der Waals surface area contributed by atoms with Gasteiger partial charge in [-0.2, -0.15) is 0 Å². The lowest BCUT2D eigenvalue weighted by molar-refractivity contribution is -0.385. The number of aliphatic carboxylic acids is 1. The van der Waals surface area contributed by atoms with E-state index in [1.54, 1.807) is 0 Å². The third kappa shape index (κ3) is 5.84. The Morgan fingerprint density at radius 1 is 1.38 bits per heavy atom. The van der Waals surface area contributed by atoms with E-state index in [0.29, 0.717) is 13.1 Å². The molecule has 116 valence electrons. The Morgan fingerprint density at radius 2 is 2.05 bits per heavy atom. The highest BCUT2D eigenvalue weighted by Crippen LogP contribution is 2.21. The van der Waals surface area contributed by atoms with E-state index < -0.39 is 16.7 Å². The minimum Gasteiger partial charge on any atom is -0.480 e. The average molecular weight is 299 g/mol. The number of nitrogens with zero attached hydrogens (tertiary/aromatic N) is 3. The summed E-state index contributed by atoms with van der Waals surface area (Å²) in [5.41, 5.74) is -0.0448. The molecule has 0 fully saturated rings. The highest BCUT2D eigenvalue weighted by molar-refractivity contribution is 5.69. The summed E-state index contributed by atoms with van der Waals surface area (Å²) in [6, 6.07) is 3.18. The number of nitro benzene ring substituents is 1. The van der Waals surface area contributed by atoms with Crippen LogP contribution in [0.3, 0.4) is 0 Å². The molecule has 0 saturated heterocycles. The van der Waals surface area contributed by atoms with Crippen LogP contribution in [0.15, 0.2) is 18.2 Å². The predicted molar refractivity (Wildman–Crippen MR) is 74.5 cm³/mol. The molecule has 0 heterocycles. The third-order valence-corrected chi connectivity index (χ3v) is 2.85. The summed E-state index contributed by atoms with van der Waals surface area (Å²) < 4.78 is 13.3. The SMILES string of the molecule is CN(C)CCN(CC(=O)O)Cc1cc(F)ccc1[N+](=O)[O-]. The minimum absolute atomic E-state index is 0.00815. The van der Waals surface area contributed by atoms with Crippen molar-refractivity contribution in [3.63, 3.8) is 0 Å². The molecule has 0 radical (unpaired) electrons. The molecule has 0 amide bonds. The zero-order chi connectivity index (χ0) is 16.0. The Hall–Kier alpha value is -2.06. The van der Waals surface area contributed by atoms with E-state index in [4.69, 9.17) is 5.11 Å². The van der Waals surface area contributed by atoms with Crippen molar-refractivity contribution in [3.8, 4) is 0 Å². The number of halogens is 1. The molecule has 1 aromatic rings. The zero-order valence-corrected chi connectivity index (χ0v) is 12.0. The number of benzene rings is 1. The van der Waals surface area contributed by atoms with E-state index in [1.807, 2.05) is 19.0 Å². The minimum atomic E-state index is -1.03. The lowest BCUT2D eigenvalue weighted by atomic mass is 10.1. The number of likely N-dealkylation sites (N-methyl/N-ethyl adjacent to an activating group) is 1. The summed E-state index contributed by atoms with van der Waals surface area (Å²) in [6.07, 6.45) is 0. The average Bonchev–Trinajstić information content (AvgIpc) is 2.35. The van der Waals surface area contributed by atoms with Crippen LogP contribution in [-0.2, 0) is 11.3 Å². The molecule has 0 aliphatic carbocycles. The van der Waals surface area contributed by atoms with Crippen LogP contribution in [-0.4, -0.2) is 59.5 Å². The van der Waals surface area contributed by atoms with Gasteiger partial charge in [-0.3, -0.25) is 19.8 Å². The smallest absolute Gasteiger partial charge is 0.317 e. The van der Waals surface area contributed by atoms with E-state index in [-0.39, 0.29) is 24.3 Å². The van der Waals surface area contributed by atoms with Gasteiger partial charge in [0.15, 0.2) is 0 Å². The first-order chi connectivity index (χ1) is 9.79. The molecule has 0 aliphatic rings. The van der Waals surface area contributed by atoms with Gasteiger partial charge >= 0.3 is 5.97 Å². The van der Waals surface area contributed by atoms with Crippen LogP contribution in [0.4, 0.5) is 10.1 Å². The number of carboxylic acids is 1. The van der Waals surface area contributed by atoms with Gasteiger partial charge in [0, 0.05) is 31.3 Å². The Balaban J connectivity index is 2.93. The molecule has 0 aromatic heterocycles. The van der Waals surface area contributed by atoms with Gasteiger partial charge in [-0.25, -0.2) is 4.39 Å². The first-order valence-corrected chi connectivity index (χ1v) is 6.31. The highest BCUT2D eigenvalue weighted by Gasteiger charge is 2.19. The molecule has 0 saturated carbocycles. The second-order valence-electron chi connectivity index (χ2n) is 4.94. The van der Waals surface area contributed by atoms with E-state index >= 15 is 0 Å². The van der Waals surface area contributed by atoms with Crippen LogP contribution < -0.4 is 0 Å². The zero-order valence-electron chi connectivity index (χ0n) is 12.0. The molecule has 21 heavy (non-hydrogen) atoms. The van der Waals surface area contributed by atoms with Crippen LogP contribution >= 0.6 is 0 Å². The Kier molecular flexibility index (Phi) is 6.19. The van der Waals surface area contributed by atoms with Crippen LogP contribution in [0.5, 0.6) is 0 Å². The maximum Gasteiger partial charge on any atom is 0.317 e. The van der Waals surface area contributed by atoms with E-state index in [1.165, 1.54) is 4.90 Å². The largest absolute Gasteiger partial charge is 0.480 e. The predicted octanol–water partition coefficient (Wildman–Crippen LogP) is 1.18. The molecule has 1 rings (SSSR count). The van der Waals surface area contributed by atoms with Gasteiger partial charge in [0.05, 0.1) is 11.5 Å². The lowest BCUT2D eigenvalue weighted by Gasteiger charge is -2.22. The fraction of sp³-hybridized carbons (Fsp3) is 0.462. The lowest BCUT2D eigenvalue weighted by Crippen LogP contribution is -2.35. The summed E-state index contributed by atoms with van der Waals surface area (Å²) in [5, 5.41) is 19.8. The maximum absolute atomic E-state index is 13.3. The highest BCUT2D eigenvalue weighted by atomic mass is 19.1. The van der Waals surface area contributed by atoms with Gasteiger partial charge in [0.25, 0.3) is 5.69 Å². The Bertz CT molecular complexity index is 522. The van der Waals surface area contributed by atoms with Crippen LogP contribution in [0.1, 0.15) is 5.56 Å². The van der Waals surface area contributed by atoms with Crippen molar-refractivity contribution >= 4 is 11.7 Å². The molecular weight excluding hydrogens is 281 g/mol. The molecule has 0 aliphatic heterocycles. The summed E-state index contributed by atoms with van der Waals surface area (Å²) in [5.74, 6) is -1.62. The fourth-order valence-electron chi connectivity index (χ4n) is 1.85. The normalized spacial score (nSPS) is 11.1. The van der Waals surface area contributed by atoms with Crippen molar-refractivity contribution in [1.29, 1.82) is 0 Å². The standard InChI is InChI=1S/C13H18FN3O4/c1-15(2)5-6-16(9-13(18)19)8-10-7-11(14)3-4-12(10)17(20)21/h3-4,7H,5-6,8-9H2,1-2H3,(H,18,19). The van der Waals surface area contributed by atoms with Crippen molar-refractivity contribution in [1.82, 2.24) is 9.80 Å². The number of rotatable bonds is 8. The van der Waals surface area contributed by atoms with Gasteiger partial charge in [-0.05, 0) is 26.2 Å². The summed E-state index contributed by atoms with van der Waals surface area (Å²) in [6.45, 7) is 0.749. The molecular formula is C13H18FN3O4. The fourth-order valence-corrected chi connectivity index (χ4v) is 1.85. The number of hydrogen-bond donors (Lipinski definition) is 1. The Morgan fingerprint density at radius 3 is 2.57 bits per heavy atom. The number of carbonyl (C=O) groups is 1. The maximum atomic E-state index is 13.3. The molecule has 0 atom stereocenters. The van der Waals surface area contributed by atoms with Gasteiger partial charge < -0.3 is 10.0 Å². The van der Waals surface area contributed by atoms with Crippen molar-refractivity contribution in [2.24, 2.45) is 0 Å². The molecule has 1 N–H and O–H groups in total. The second kappa shape index (κ2) is 7.65. The van der Waals surface area contributed by atoms with Crippen molar-refractivity contribution < 1.29 is 19.2 Å². The van der Waals surface area contributed by atoms with Gasteiger partial charge in [-0.15, -0.1) is 0 Å². The van der Waals surface area contributed by atoms with Crippen molar-refractivity contribution in [3.05, 3.63) is 39.7 Å². The van der Waals surface area contributed by atoms with Crippen LogP contribution in [0, 0.1) is 15.9 Å². The van der Waals surface area contributed by atoms with Crippen molar-refractivity contribution in [2.45, 2.75) is 6.54 Å². The molecule has 0 unspecified atom stereocenters. The van der Waals surface area contributed by atoms with E-state index in [2.05, 4.69) is 0 Å². The summed E-state index contributed by atoms with van der Waals surface area (Å²) in [4.78, 5) is 24.6. The van der Waals surface area contributed by atoms with Gasteiger partial charge in [0.2, 0.25) is 0 Å². The third-order valence-electron chi connectivity index (χ3n) is 2.85. The van der Waals surface area contributed by atoms with E-state index in [0.717, 1.165) is 18.2 Å². The summed E-state index contributed by atoms with van der Waals surface area (Å²) in [7, 11) is 3.67. The Labute approximate surface area is 121 Å². The topological polar surface area (TPSA) is 86.9 Å². The monoisotopic (exact) mass is 299 g/mol. The molecule has 1 aromatic carbocycles. The van der Waals surface area contributed by atoms with Gasteiger partial charge in [0.1, 0.15) is 5.82 Å². The molecule has 0 spiro atoms. The van der Waals surface area contributed by atoms with Crippen molar-refractivity contribution in [2.75, 3.05) is 33.7 Å². The summed E-state index contributed by atoms with van der Waals surface area (Å²) >= 11 is 0. The first-order valence-electron chi connectivity index (χ1n) is 6.31. The van der Waals surface area contributed by atoms with Crippen LogP contribution in [0.25, 0.3) is 0 Å². The quantitative estimate of drug-likeness (QED) is 0.573. The second-order valence-corrected chi connectivity index (χ2v) is 4.94. The number of carboxylic acid groups (broad SMARTS) is 1. The number of hydrogen-bond acceptors (Lipinski definition) is 5. The first kappa shape index (κ1) is 17.0. The van der Waals surface area contributed by atoms with Gasteiger partial charge in [-0.1, -0.05) is 0 Å². The molecule has 8 heteroatoms. The molecule has 0 bridgehead atoms. The molecule has 7 nitrogen and oxygen atoms in total. The number of nitro groups is 1.